The Labute approximate surface area is 110 Å². The fourth-order valence-corrected chi connectivity index (χ4v) is 1.52. The SMILES string of the molecule is CC[C@H](NC(=O)NCCc1ccc(F)cc1)C(=O)O. The van der Waals surface area contributed by atoms with E-state index in [1.54, 1.807) is 19.1 Å². The van der Waals surface area contributed by atoms with Crippen LogP contribution in [0.4, 0.5) is 9.18 Å². The van der Waals surface area contributed by atoms with Crippen LogP contribution in [0.3, 0.4) is 0 Å². The third-order valence-electron chi connectivity index (χ3n) is 2.62. The van der Waals surface area contributed by atoms with E-state index < -0.39 is 18.0 Å². The molecule has 3 N–H and O–H groups in total. The Morgan fingerprint density at radius 3 is 2.47 bits per heavy atom. The van der Waals surface area contributed by atoms with Crippen molar-refractivity contribution in [3.05, 3.63) is 35.6 Å². The Morgan fingerprint density at radius 2 is 1.95 bits per heavy atom. The monoisotopic (exact) mass is 268 g/mol. The Morgan fingerprint density at radius 1 is 1.32 bits per heavy atom. The van der Waals surface area contributed by atoms with Gasteiger partial charge in [-0.15, -0.1) is 0 Å². The van der Waals surface area contributed by atoms with Crippen molar-refractivity contribution in [1.82, 2.24) is 10.6 Å². The first-order valence-corrected chi connectivity index (χ1v) is 6.04. The lowest BCUT2D eigenvalue weighted by molar-refractivity contribution is -0.139. The minimum absolute atomic E-state index is 0.304. The summed E-state index contributed by atoms with van der Waals surface area (Å²) in [5.41, 5.74) is 0.895. The molecular formula is C13H17FN2O3. The third-order valence-corrected chi connectivity index (χ3v) is 2.62. The van der Waals surface area contributed by atoms with Gasteiger partial charge in [0, 0.05) is 6.54 Å². The summed E-state index contributed by atoms with van der Waals surface area (Å²) in [5.74, 6) is -1.36. The zero-order valence-electron chi connectivity index (χ0n) is 10.6. The van der Waals surface area contributed by atoms with Gasteiger partial charge in [-0.25, -0.2) is 14.0 Å². The molecule has 1 rings (SSSR count). The van der Waals surface area contributed by atoms with Gasteiger partial charge in [-0.2, -0.15) is 0 Å². The van der Waals surface area contributed by atoms with E-state index in [1.807, 2.05) is 0 Å². The summed E-state index contributed by atoms with van der Waals surface area (Å²) < 4.78 is 12.7. The number of carboxylic acid groups (broad SMARTS) is 1. The second kappa shape index (κ2) is 7.35. The lowest BCUT2D eigenvalue weighted by Gasteiger charge is -2.13. The maximum absolute atomic E-state index is 12.7. The summed E-state index contributed by atoms with van der Waals surface area (Å²) in [6.07, 6.45) is 0.873. The second-order valence-corrected chi connectivity index (χ2v) is 4.08. The van der Waals surface area contributed by atoms with E-state index in [0.29, 0.717) is 19.4 Å². The average molecular weight is 268 g/mol. The first kappa shape index (κ1) is 14.9. The molecule has 1 aromatic carbocycles. The number of carboxylic acids is 1. The first-order chi connectivity index (χ1) is 9.02. The summed E-state index contributed by atoms with van der Waals surface area (Å²) in [7, 11) is 0. The van der Waals surface area contributed by atoms with Crippen molar-refractivity contribution in [2.75, 3.05) is 6.54 Å². The lowest BCUT2D eigenvalue weighted by atomic mass is 10.1. The zero-order chi connectivity index (χ0) is 14.3. The molecule has 0 saturated carbocycles. The molecule has 0 aliphatic heterocycles. The van der Waals surface area contributed by atoms with Gasteiger partial charge in [-0.3, -0.25) is 0 Å². The summed E-state index contributed by atoms with van der Waals surface area (Å²) in [6, 6.07) is 4.59. The van der Waals surface area contributed by atoms with E-state index in [2.05, 4.69) is 10.6 Å². The quantitative estimate of drug-likeness (QED) is 0.732. The molecule has 5 nitrogen and oxygen atoms in total. The number of nitrogens with one attached hydrogen (secondary N) is 2. The zero-order valence-corrected chi connectivity index (χ0v) is 10.6. The number of amides is 2. The minimum atomic E-state index is -1.06. The minimum Gasteiger partial charge on any atom is -0.480 e. The summed E-state index contributed by atoms with van der Waals surface area (Å²) in [5, 5.41) is 13.7. The van der Waals surface area contributed by atoms with Crippen LogP contribution in [0.5, 0.6) is 0 Å². The highest BCUT2D eigenvalue weighted by Crippen LogP contribution is 2.02. The number of hydrogen-bond donors (Lipinski definition) is 3. The highest BCUT2D eigenvalue weighted by molar-refractivity contribution is 5.82. The Hall–Kier alpha value is -2.11. The van der Waals surface area contributed by atoms with Gasteiger partial charge >= 0.3 is 12.0 Å². The smallest absolute Gasteiger partial charge is 0.326 e. The molecule has 0 bridgehead atoms. The Bertz CT molecular complexity index is 434. The standard InChI is InChI=1S/C13H17FN2O3/c1-2-11(12(17)18)16-13(19)15-8-7-9-3-5-10(14)6-4-9/h3-6,11H,2,7-8H2,1H3,(H,17,18)(H2,15,16,19)/t11-/m0/s1. The molecule has 1 atom stereocenters. The predicted molar refractivity (Wildman–Crippen MR) is 68.4 cm³/mol. The molecule has 0 heterocycles. The molecule has 6 heteroatoms. The van der Waals surface area contributed by atoms with Gasteiger partial charge in [0.25, 0.3) is 0 Å². The molecule has 0 unspecified atom stereocenters. The van der Waals surface area contributed by atoms with Gasteiger partial charge in [0.05, 0.1) is 0 Å². The molecule has 0 aromatic heterocycles. The summed E-state index contributed by atoms with van der Waals surface area (Å²) >= 11 is 0. The van der Waals surface area contributed by atoms with Crippen LogP contribution in [0.15, 0.2) is 24.3 Å². The van der Waals surface area contributed by atoms with E-state index in [1.165, 1.54) is 12.1 Å². The maximum Gasteiger partial charge on any atom is 0.326 e. The van der Waals surface area contributed by atoms with E-state index in [9.17, 15) is 14.0 Å². The molecule has 1 aromatic rings. The number of carbonyl (C=O) groups excluding carboxylic acids is 1. The van der Waals surface area contributed by atoms with Crippen LogP contribution < -0.4 is 10.6 Å². The molecule has 104 valence electrons. The second-order valence-electron chi connectivity index (χ2n) is 4.08. The fraction of sp³-hybridized carbons (Fsp3) is 0.385. The summed E-state index contributed by atoms with van der Waals surface area (Å²) in [4.78, 5) is 22.1. The number of hydrogen-bond acceptors (Lipinski definition) is 2. The van der Waals surface area contributed by atoms with Crippen molar-refractivity contribution < 1.29 is 19.1 Å². The van der Waals surface area contributed by atoms with Crippen molar-refractivity contribution in [1.29, 1.82) is 0 Å². The molecule has 0 spiro atoms. The molecule has 19 heavy (non-hydrogen) atoms. The van der Waals surface area contributed by atoms with Gasteiger partial charge in [-0.1, -0.05) is 19.1 Å². The van der Waals surface area contributed by atoms with Gasteiger partial charge in [-0.05, 0) is 30.5 Å². The van der Waals surface area contributed by atoms with Crippen molar-refractivity contribution in [3.8, 4) is 0 Å². The molecular weight excluding hydrogens is 251 g/mol. The van der Waals surface area contributed by atoms with Gasteiger partial charge < -0.3 is 15.7 Å². The van der Waals surface area contributed by atoms with E-state index in [0.717, 1.165) is 5.56 Å². The Kier molecular flexibility index (Phi) is 5.78. The highest BCUT2D eigenvalue weighted by Gasteiger charge is 2.16. The molecule has 0 radical (unpaired) electrons. The molecule has 2 amide bonds. The van der Waals surface area contributed by atoms with Gasteiger partial charge in [0.1, 0.15) is 11.9 Å². The molecule has 0 aliphatic rings. The van der Waals surface area contributed by atoms with Crippen LogP contribution in [-0.2, 0) is 11.2 Å². The van der Waals surface area contributed by atoms with Crippen LogP contribution in [0.2, 0.25) is 0 Å². The Balaban J connectivity index is 2.30. The fourth-order valence-electron chi connectivity index (χ4n) is 1.52. The maximum atomic E-state index is 12.7. The number of benzene rings is 1. The molecule has 0 saturated heterocycles. The van der Waals surface area contributed by atoms with Crippen LogP contribution in [0.25, 0.3) is 0 Å². The van der Waals surface area contributed by atoms with E-state index in [-0.39, 0.29) is 5.82 Å². The topological polar surface area (TPSA) is 78.4 Å². The van der Waals surface area contributed by atoms with E-state index >= 15 is 0 Å². The molecule has 0 fully saturated rings. The van der Waals surface area contributed by atoms with Crippen molar-refractivity contribution in [3.63, 3.8) is 0 Å². The highest BCUT2D eigenvalue weighted by atomic mass is 19.1. The number of carbonyl (C=O) groups is 2. The average Bonchev–Trinajstić information content (AvgIpc) is 2.38. The van der Waals surface area contributed by atoms with Crippen molar-refractivity contribution in [2.45, 2.75) is 25.8 Å². The normalized spacial score (nSPS) is 11.7. The third kappa shape index (κ3) is 5.37. The van der Waals surface area contributed by atoms with Crippen LogP contribution in [0.1, 0.15) is 18.9 Å². The van der Waals surface area contributed by atoms with E-state index in [4.69, 9.17) is 5.11 Å². The van der Waals surface area contributed by atoms with Gasteiger partial charge in [0.2, 0.25) is 0 Å². The van der Waals surface area contributed by atoms with Crippen molar-refractivity contribution >= 4 is 12.0 Å². The van der Waals surface area contributed by atoms with Crippen molar-refractivity contribution in [2.24, 2.45) is 0 Å². The van der Waals surface area contributed by atoms with Crippen LogP contribution >= 0.6 is 0 Å². The largest absolute Gasteiger partial charge is 0.480 e. The van der Waals surface area contributed by atoms with Crippen LogP contribution in [-0.4, -0.2) is 29.7 Å². The number of aliphatic carboxylic acids is 1. The van der Waals surface area contributed by atoms with Crippen LogP contribution in [0, 0.1) is 5.82 Å². The number of halogens is 1. The number of urea groups is 1. The molecule has 0 aliphatic carbocycles. The lowest BCUT2D eigenvalue weighted by Crippen LogP contribution is -2.46. The van der Waals surface area contributed by atoms with Gasteiger partial charge in [0.15, 0.2) is 0 Å². The number of rotatable bonds is 6. The predicted octanol–water partition coefficient (Wildman–Crippen LogP) is 1.53. The summed E-state index contributed by atoms with van der Waals surface area (Å²) in [6.45, 7) is 2.03. The first-order valence-electron chi connectivity index (χ1n) is 6.04.